The Morgan fingerprint density at radius 1 is 0.938 bits per heavy atom. The number of hydrogen-bond donors (Lipinski definition) is 0. The van der Waals surface area contributed by atoms with Crippen LogP contribution in [0.5, 0.6) is 0 Å². The highest BCUT2D eigenvalue weighted by Crippen LogP contribution is 2.51. The molecule has 0 atom stereocenters. The van der Waals surface area contributed by atoms with Gasteiger partial charge >= 0.3 is 7.60 Å². The molecule has 0 aliphatic heterocycles. The molecule has 4 nitrogen and oxygen atoms in total. The van der Waals surface area contributed by atoms with Gasteiger partial charge in [-0.1, -0.05) is 36.4 Å². The first-order chi connectivity index (χ1) is 15.6. The Labute approximate surface area is 186 Å². The van der Waals surface area contributed by atoms with Crippen LogP contribution in [0, 0.1) is 5.82 Å². The summed E-state index contributed by atoms with van der Waals surface area (Å²) in [5.41, 5.74) is 6.68. The molecule has 0 unspecified atom stereocenters. The molecule has 162 valence electrons. The Morgan fingerprint density at radius 2 is 1.66 bits per heavy atom. The molecular formula is C26H23FNO3P. The van der Waals surface area contributed by atoms with Crippen LogP contribution in [-0.4, -0.2) is 18.2 Å². The highest BCUT2D eigenvalue weighted by Gasteiger charge is 2.32. The van der Waals surface area contributed by atoms with E-state index in [4.69, 9.17) is 14.0 Å². The van der Waals surface area contributed by atoms with Crippen LogP contribution in [0.4, 0.5) is 4.39 Å². The van der Waals surface area contributed by atoms with E-state index in [-0.39, 0.29) is 19.0 Å². The average Bonchev–Trinajstić information content (AvgIpc) is 3.19. The Kier molecular flexibility index (Phi) is 5.42. The van der Waals surface area contributed by atoms with Gasteiger partial charge in [-0.2, -0.15) is 0 Å². The van der Waals surface area contributed by atoms with Gasteiger partial charge in [-0.25, -0.2) is 9.37 Å². The molecule has 32 heavy (non-hydrogen) atoms. The summed E-state index contributed by atoms with van der Waals surface area (Å²) < 4.78 is 38.7. The van der Waals surface area contributed by atoms with Crippen molar-refractivity contribution in [2.45, 2.75) is 20.3 Å². The first-order valence-corrected chi connectivity index (χ1v) is 12.3. The van der Waals surface area contributed by atoms with Crippen molar-refractivity contribution in [2.24, 2.45) is 0 Å². The van der Waals surface area contributed by atoms with Gasteiger partial charge in [0, 0.05) is 17.4 Å². The van der Waals surface area contributed by atoms with Crippen molar-refractivity contribution in [2.75, 3.05) is 13.2 Å². The monoisotopic (exact) mass is 447 g/mol. The number of halogens is 1. The number of benzene rings is 3. The van der Waals surface area contributed by atoms with Gasteiger partial charge in [-0.05, 0) is 66.4 Å². The standard InChI is InChI=1S/C26H23FNO3P/c1-3-30-32(29,31-4-2)23-11-7-10-21-24-20-9-6-5-8-18(20)16-22(24)25(28-26(21)23)17-12-14-19(27)15-13-17/h5-15H,3-4,16H2,1-2H3. The van der Waals surface area contributed by atoms with Crippen LogP contribution < -0.4 is 5.30 Å². The molecule has 0 radical (unpaired) electrons. The van der Waals surface area contributed by atoms with Crippen molar-refractivity contribution < 1.29 is 18.0 Å². The van der Waals surface area contributed by atoms with Crippen LogP contribution in [-0.2, 0) is 20.0 Å². The van der Waals surface area contributed by atoms with E-state index < -0.39 is 7.60 Å². The first-order valence-electron chi connectivity index (χ1n) is 10.7. The summed E-state index contributed by atoms with van der Waals surface area (Å²) >= 11 is 0. The maximum Gasteiger partial charge on any atom is 0.363 e. The number of para-hydroxylation sites is 1. The summed E-state index contributed by atoms with van der Waals surface area (Å²) in [5, 5.41) is 1.36. The van der Waals surface area contributed by atoms with Gasteiger partial charge in [0.2, 0.25) is 0 Å². The molecule has 4 aromatic rings. The molecular weight excluding hydrogens is 424 g/mol. The molecule has 0 amide bonds. The minimum Gasteiger partial charge on any atom is -0.305 e. The third-order valence-corrected chi connectivity index (χ3v) is 7.91. The first kappa shape index (κ1) is 21.0. The lowest BCUT2D eigenvalue weighted by Gasteiger charge is -2.20. The van der Waals surface area contributed by atoms with Crippen LogP contribution in [0.25, 0.3) is 33.3 Å². The highest BCUT2D eigenvalue weighted by molar-refractivity contribution is 7.62. The molecule has 1 heterocycles. The van der Waals surface area contributed by atoms with Crippen LogP contribution >= 0.6 is 7.60 Å². The third-order valence-electron chi connectivity index (χ3n) is 5.76. The van der Waals surface area contributed by atoms with Crippen molar-refractivity contribution in [3.05, 3.63) is 83.7 Å². The molecule has 0 spiro atoms. The maximum absolute atomic E-state index is 13.7. The quantitative estimate of drug-likeness (QED) is 0.279. The Bertz CT molecular complexity index is 1360. The van der Waals surface area contributed by atoms with E-state index >= 15 is 0 Å². The molecule has 0 saturated heterocycles. The predicted molar refractivity (Wildman–Crippen MR) is 126 cm³/mol. The van der Waals surface area contributed by atoms with Crippen LogP contribution in [0.2, 0.25) is 0 Å². The van der Waals surface area contributed by atoms with Gasteiger partial charge in [0.25, 0.3) is 0 Å². The summed E-state index contributed by atoms with van der Waals surface area (Å²) in [6.07, 6.45) is 0.736. The second-order valence-corrected chi connectivity index (χ2v) is 9.65. The predicted octanol–water partition coefficient (Wildman–Crippen LogP) is 6.50. The molecule has 3 aromatic carbocycles. The fourth-order valence-corrected chi connectivity index (χ4v) is 6.21. The second kappa shape index (κ2) is 8.25. The maximum atomic E-state index is 13.7. The number of hydrogen-bond acceptors (Lipinski definition) is 4. The lowest BCUT2D eigenvalue weighted by Crippen LogP contribution is -2.14. The van der Waals surface area contributed by atoms with E-state index in [0.29, 0.717) is 10.8 Å². The van der Waals surface area contributed by atoms with Gasteiger partial charge in [-0.3, -0.25) is 4.57 Å². The van der Waals surface area contributed by atoms with Crippen molar-refractivity contribution >= 4 is 23.8 Å². The molecule has 1 aromatic heterocycles. The SMILES string of the molecule is CCOP(=O)(OCC)c1cccc2c3c(c(-c4ccc(F)cc4)nc12)Cc1ccccc1-3. The minimum atomic E-state index is -3.57. The van der Waals surface area contributed by atoms with E-state index in [0.717, 1.165) is 39.8 Å². The number of pyridine rings is 1. The molecule has 0 saturated carbocycles. The van der Waals surface area contributed by atoms with Gasteiger partial charge < -0.3 is 9.05 Å². The Morgan fingerprint density at radius 3 is 2.38 bits per heavy atom. The van der Waals surface area contributed by atoms with Crippen LogP contribution in [0.1, 0.15) is 25.0 Å². The van der Waals surface area contributed by atoms with Crippen molar-refractivity contribution in [3.63, 3.8) is 0 Å². The fraction of sp³-hybridized carbons (Fsp3) is 0.192. The zero-order valence-corrected chi connectivity index (χ0v) is 18.9. The van der Waals surface area contributed by atoms with E-state index in [2.05, 4.69) is 12.1 Å². The van der Waals surface area contributed by atoms with Gasteiger partial charge in [0.05, 0.1) is 29.7 Å². The number of rotatable bonds is 6. The molecule has 1 aliphatic rings. The van der Waals surface area contributed by atoms with Crippen molar-refractivity contribution in [3.8, 4) is 22.4 Å². The average molecular weight is 447 g/mol. The molecule has 1 aliphatic carbocycles. The molecule has 0 N–H and O–H groups in total. The summed E-state index contributed by atoms with van der Waals surface area (Å²) in [5.74, 6) is -0.299. The zero-order valence-electron chi connectivity index (χ0n) is 18.0. The Balaban J connectivity index is 1.87. The Hall–Kier alpha value is -2.85. The zero-order chi connectivity index (χ0) is 22.3. The summed E-state index contributed by atoms with van der Waals surface area (Å²) in [6, 6.07) is 20.3. The normalized spacial score (nSPS) is 12.7. The highest BCUT2D eigenvalue weighted by atomic mass is 31.2. The van der Waals surface area contributed by atoms with Gasteiger partial charge in [0.1, 0.15) is 5.82 Å². The topological polar surface area (TPSA) is 48.4 Å². The van der Waals surface area contributed by atoms with E-state index in [9.17, 15) is 8.96 Å². The summed E-state index contributed by atoms with van der Waals surface area (Å²) in [7, 11) is -3.57. The van der Waals surface area contributed by atoms with Gasteiger partial charge in [0.15, 0.2) is 0 Å². The third kappa shape index (κ3) is 3.38. The van der Waals surface area contributed by atoms with E-state index in [1.165, 1.54) is 17.7 Å². The molecule has 6 heteroatoms. The molecule has 5 rings (SSSR count). The van der Waals surface area contributed by atoms with Crippen molar-refractivity contribution in [1.29, 1.82) is 0 Å². The second-order valence-electron chi connectivity index (χ2n) is 7.66. The molecule has 0 bridgehead atoms. The van der Waals surface area contributed by atoms with E-state index in [1.807, 2.05) is 24.3 Å². The minimum absolute atomic E-state index is 0.256. The number of nitrogens with zero attached hydrogens (tertiary/aromatic N) is 1. The fourth-order valence-electron chi connectivity index (χ4n) is 4.48. The van der Waals surface area contributed by atoms with Crippen molar-refractivity contribution in [1.82, 2.24) is 4.98 Å². The molecule has 0 fully saturated rings. The lowest BCUT2D eigenvalue weighted by molar-refractivity contribution is 0.230. The lowest BCUT2D eigenvalue weighted by atomic mass is 9.97. The summed E-state index contributed by atoms with van der Waals surface area (Å²) in [6.45, 7) is 4.10. The van der Waals surface area contributed by atoms with Gasteiger partial charge in [-0.15, -0.1) is 0 Å². The van der Waals surface area contributed by atoms with Crippen LogP contribution in [0.3, 0.4) is 0 Å². The van der Waals surface area contributed by atoms with Crippen LogP contribution in [0.15, 0.2) is 66.7 Å². The summed E-state index contributed by atoms with van der Waals surface area (Å²) in [4.78, 5) is 5.01. The van der Waals surface area contributed by atoms with E-state index in [1.54, 1.807) is 32.0 Å². The number of aromatic nitrogens is 1. The number of fused-ring (bicyclic) bond motifs is 5. The largest absolute Gasteiger partial charge is 0.363 e. The smallest absolute Gasteiger partial charge is 0.305 e.